The molecular weight excluding hydrogens is 481 g/mol. The van der Waals surface area contributed by atoms with Gasteiger partial charge in [-0.05, 0) is 48.6 Å². The number of nitrogens with one attached hydrogen (secondary N) is 1. The first-order valence-corrected chi connectivity index (χ1v) is 12.1. The molecule has 1 aliphatic heterocycles. The molecule has 0 bridgehead atoms. The molecule has 11 heteroatoms. The second-order valence-corrected chi connectivity index (χ2v) is 9.38. The topological polar surface area (TPSA) is 157 Å². The van der Waals surface area contributed by atoms with Crippen LogP contribution in [0.3, 0.4) is 0 Å². The van der Waals surface area contributed by atoms with Crippen LogP contribution in [0.5, 0.6) is 11.5 Å². The van der Waals surface area contributed by atoms with Crippen molar-refractivity contribution in [1.82, 2.24) is 5.32 Å². The fraction of sp³-hybridized carbons (Fsp3) is 0.292. The molecule has 0 fully saturated rings. The summed E-state index contributed by atoms with van der Waals surface area (Å²) >= 11 is 0. The molecule has 0 aromatic heterocycles. The number of ether oxygens (including phenoxy) is 1. The van der Waals surface area contributed by atoms with Gasteiger partial charge in [-0.1, -0.05) is 42.3 Å². The zero-order chi connectivity index (χ0) is 24.6. The number of allylic oxidation sites excluding steroid dienone is 1. The summed E-state index contributed by atoms with van der Waals surface area (Å²) < 4.78 is 41.1. The molecule has 9 nitrogen and oxygen atoms in total. The molecule has 1 heterocycles. The number of aromatic hydroxyl groups is 1. The minimum absolute atomic E-state index is 0. The number of fused-ring (bicyclic) bond motifs is 1. The van der Waals surface area contributed by atoms with E-state index < -0.39 is 21.5 Å². The van der Waals surface area contributed by atoms with E-state index >= 15 is 0 Å². The van der Waals surface area contributed by atoms with Crippen LogP contribution in [0.4, 0.5) is 0 Å². The van der Waals surface area contributed by atoms with Crippen molar-refractivity contribution in [2.75, 3.05) is 6.73 Å². The molecule has 0 spiro atoms. The number of aryl methyl sites for hydroxylation is 1. The Morgan fingerprint density at radius 1 is 1.26 bits per heavy atom. The first-order valence-electron chi connectivity index (χ1n) is 10.6. The molecule has 1 aliphatic rings. The van der Waals surface area contributed by atoms with Crippen molar-refractivity contribution in [3.63, 3.8) is 0 Å². The van der Waals surface area contributed by atoms with Crippen molar-refractivity contribution in [2.45, 2.75) is 37.0 Å². The van der Waals surface area contributed by atoms with Crippen molar-refractivity contribution in [2.24, 2.45) is 10.7 Å². The van der Waals surface area contributed by atoms with Crippen LogP contribution in [0.25, 0.3) is 0 Å². The standard InChI is InChI=1S/C24H27N3O6S.Na/c25-24-26-14-2-3-19-15-17(7-13-23(19)33-16-27-24)6-12-21(34(30,31)32)4-1-5-22(29)18-8-10-20(28)11-9-18;/h1,5,7-11,13,15,21-22,28-29H,3-4,6,12,16H2,(H3,25,26,27)(H,30,31,32);/q;+1/p-1. The average molecular weight is 508 g/mol. The molecule has 0 radical (unpaired) electrons. The monoisotopic (exact) mass is 507 g/mol. The number of nitrogens with zero attached hydrogens (tertiary/aromatic N) is 1. The second kappa shape index (κ2) is 13.5. The first-order chi connectivity index (χ1) is 16.2. The van der Waals surface area contributed by atoms with Gasteiger partial charge in [0.1, 0.15) is 11.5 Å². The summed E-state index contributed by atoms with van der Waals surface area (Å²) in [6.07, 6.45) is 2.79. The Kier molecular flexibility index (Phi) is 11.1. The Balaban J connectivity index is 0.00000432. The number of rotatable bonds is 8. The van der Waals surface area contributed by atoms with E-state index in [0.717, 1.165) is 11.1 Å². The van der Waals surface area contributed by atoms with Gasteiger partial charge >= 0.3 is 29.6 Å². The van der Waals surface area contributed by atoms with Crippen LogP contribution in [0.2, 0.25) is 0 Å². The van der Waals surface area contributed by atoms with E-state index in [1.165, 1.54) is 24.3 Å². The van der Waals surface area contributed by atoms with Crippen molar-refractivity contribution >= 4 is 16.1 Å². The Hall–Kier alpha value is -2.52. The molecule has 0 aliphatic carbocycles. The number of benzene rings is 2. The van der Waals surface area contributed by atoms with E-state index in [1.54, 1.807) is 18.2 Å². The van der Waals surface area contributed by atoms with Crippen molar-refractivity contribution in [1.29, 1.82) is 0 Å². The van der Waals surface area contributed by atoms with Gasteiger partial charge in [-0.2, -0.15) is 4.99 Å². The van der Waals surface area contributed by atoms with E-state index in [-0.39, 0.29) is 60.8 Å². The number of aliphatic hydroxyl groups is 1. The van der Waals surface area contributed by atoms with Crippen LogP contribution in [0.1, 0.15) is 35.6 Å². The van der Waals surface area contributed by atoms with Gasteiger partial charge in [-0.25, -0.2) is 8.42 Å². The smallest absolute Gasteiger partial charge is 0.748 e. The SMILES string of the molecule is NC1=NC#CCc2cc(CCC(CC=CC(O)c3ccc(O)cc3)S(=O)(=O)[O-])ccc2OCN1.[Na+]. The van der Waals surface area contributed by atoms with Gasteiger partial charge in [0.2, 0.25) is 5.96 Å². The van der Waals surface area contributed by atoms with Gasteiger partial charge in [-0.3, -0.25) is 0 Å². The van der Waals surface area contributed by atoms with E-state index in [0.29, 0.717) is 24.2 Å². The summed E-state index contributed by atoms with van der Waals surface area (Å²) in [5, 5.41) is 21.2. The van der Waals surface area contributed by atoms with Crippen LogP contribution in [-0.4, -0.2) is 41.1 Å². The predicted octanol–water partition coefficient (Wildman–Crippen LogP) is -1.32. The molecule has 180 valence electrons. The molecule has 2 aromatic carbocycles. The molecular formula is C24H26N3NaO6S. The molecule has 5 N–H and O–H groups in total. The third-order valence-corrected chi connectivity index (χ3v) is 6.50. The largest absolute Gasteiger partial charge is 1.00 e. The number of guanidine groups is 1. The van der Waals surface area contributed by atoms with E-state index in [4.69, 9.17) is 10.5 Å². The maximum absolute atomic E-state index is 11.8. The fourth-order valence-electron chi connectivity index (χ4n) is 3.38. The number of hydrogen-bond acceptors (Lipinski definition) is 9. The van der Waals surface area contributed by atoms with Crippen molar-refractivity contribution < 1.29 is 57.5 Å². The molecule has 0 saturated heterocycles. The van der Waals surface area contributed by atoms with Crippen molar-refractivity contribution in [3.8, 4) is 23.5 Å². The summed E-state index contributed by atoms with van der Waals surface area (Å²) in [6, 6.07) is 14.1. The van der Waals surface area contributed by atoms with Crippen LogP contribution in [-0.2, 0) is 23.0 Å². The maximum Gasteiger partial charge on any atom is 1.00 e. The quantitative estimate of drug-likeness (QED) is 0.148. The van der Waals surface area contributed by atoms with Crippen LogP contribution < -0.4 is 45.3 Å². The number of nitrogens with two attached hydrogens (primary N) is 1. The Morgan fingerprint density at radius 3 is 2.71 bits per heavy atom. The van der Waals surface area contributed by atoms with Gasteiger partial charge in [0.25, 0.3) is 0 Å². The van der Waals surface area contributed by atoms with Gasteiger partial charge in [0.05, 0.1) is 21.5 Å². The molecule has 3 rings (SSSR count). The number of aliphatic imine (C=N–C) groups is 1. The van der Waals surface area contributed by atoms with Crippen LogP contribution >= 0.6 is 0 Å². The Labute approximate surface area is 227 Å². The minimum Gasteiger partial charge on any atom is -0.748 e. The zero-order valence-electron chi connectivity index (χ0n) is 19.3. The normalized spacial score (nSPS) is 15.2. The van der Waals surface area contributed by atoms with Gasteiger partial charge in [-0.15, -0.1) is 0 Å². The maximum atomic E-state index is 11.8. The summed E-state index contributed by atoms with van der Waals surface area (Å²) in [6.45, 7) is 0.127. The molecule has 0 saturated carbocycles. The summed E-state index contributed by atoms with van der Waals surface area (Å²) in [5.41, 5.74) is 7.82. The van der Waals surface area contributed by atoms with Crippen molar-refractivity contribution in [3.05, 3.63) is 71.3 Å². The second-order valence-electron chi connectivity index (χ2n) is 7.72. The molecule has 0 amide bonds. The van der Waals surface area contributed by atoms with Crippen LogP contribution in [0, 0.1) is 12.0 Å². The summed E-state index contributed by atoms with van der Waals surface area (Å²) in [5.74, 6) is 3.75. The van der Waals surface area contributed by atoms with Gasteiger partial charge in [0, 0.05) is 18.0 Å². The molecule has 35 heavy (non-hydrogen) atoms. The summed E-state index contributed by atoms with van der Waals surface area (Å²) in [7, 11) is -4.54. The average Bonchev–Trinajstić information content (AvgIpc) is 2.79. The first kappa shape index (κ1) is 28.7. The number of phenolic OH excluding ortho intramolecular Hbond substituents is 1. The third-order valence-electron chi connectivity index (χ3n) is 5.26. The van der Waals surface area contributed by atoms with Gasteiger partial charge in [0.15, 0.2) is 6.73 Å². The molecule has 2 aromatic rings. The zero-order valence-corrected chi connectivity index (χ0v) is 22.2. The fourth-order valence-corrected chi connectivity index (χ4v) is 4.13. The number of aliphatic hydroxyl groups excluding tert-OH is 1. The Bertz CT molecular complexity index is 1220. The number of phenols is 1. The summed E-state index contributed by atoms with van der Waals surface area (Å²) in [4.78, 5) is 3.84. The van der Waals surface area contributed by atoms with E-state index in [1.807, 2.05) is 12.1 Å². The minimum atomic E-state index is -4.54. The number of hydrogen-bond donors (Lipinski definition) is 4. The van der Waals surface area contributed by atoms with E-state index in [9.17, 15) is 23.2 Å². The molecule has 2 unspecified atom stereocenters. The van der Waals surface area contributed by atoms with E-state index in [2.05, 4.69) is 22.3 Å². The van der Waals surface area contributed by atoms with Gasteiger partial charge < -0.3 is 30.6 Å². The Morgan fingerprint density at radius 2 is 2.00 bits per heavy atom. The van der Waals surface area contributed by atoms with Crippen LogP contribution in [0.15, 0.2) is 59.6 Å². The predicted molar refractivity (Wildman–Crippen MR) is 127 cm³/mol. The third kappa shape index (κ3) is 9.22. The molecule has 2 atom stereocenters.